The van der Waals surface area contributed by atoms with Crippen molar-refractivity contribution < 1.29 is 13.2 Å². The Balaban J connectivity index is 1.68. The van der Waals surface area contributed by atoms with Crippen LogP contribution in [0.15, 0.2) is 17.2 Å². The van der Waals surface area contributed by atoms with E-state index in [-0.39, 0.29) is 16.8 Å². The van der Waals surface area contributed by atoms with Gasteiger partial charge >= 0.3 is 0 Å². The third-order valence-electron chi connectivity index (χ3n) is 4.45. The minimum Gasteiger partial charge on any atom is -0.356 e. The summed E-state index contributed by atoms with van der Waals surface area (Å²) >= 11 is 1.76. The molecule has 2 fully saturated rings. The molecule has 1 aromatic heterocycles. The molecule has 8 heteroatoms. The third-order valence-corrected chi connectivity index (χ3v) is 7.27. The van der Waals surface area contributed by atoms with Crippen LogP contribution in [0.3, 0.4) is 0 Å². The zero-order valence-corrected chi connectivity index (χ0v) is 14.7. The van der Waals surface area contributed by atoms with E-state index in [0.717, 1.165) is 37.2 Å². The zero-order valence-electron chi connectivity index (χ0n) is 13.1. The van der Waals surface area contributed by atoms with Gasteiger partial charge in [-0.2, -0.15) is 16.1 Å². The lowest BCUT2D eigenvalue weighted by Crippen LogP contribution is -2.37. The number of carbonyl (C=O) groups excluding carboxylic acids is 1. The Hall–Kier alpha value is -0.990. The first-order chi connectivity index (χ1) is 11.1. The van der Waals surface area contributed by atoms with Gasteiger partial charge in [-0.15, -0.1) is 0 Å². The predicted octanol–water partition coefficient (Wildman–Crippen LogP) is 1.81. The van der Waals surface area contributed by atoms with Crippen LogP contribution in [0.25, 0.3) is 0 Å². The van der Waals surface area contributed by atoms with Gasteiger partial charge in [0.1, 0.15) is 10.6 Å². The molecule has 6 nitrogen and oxygen atoms in total. The first-order valence-electron chi connectivity index (χ1n) is 8.14. The second kappa shape index (κ2) is 7.27. The van der Waals surface area contributed by atoms with Gasteiger partial charge in [-0.3, -0.25) is 4.79 Å². The van der Waals surface area contributed by atoms with Crippen LogP contribution in [0, 0.1) is 0 Å². The van der Waals surface area contributed by atoms with Gasteiger partial charge in [0.05, 0.1) is 0 Å². The quantitative estimate of drug-likeness (QED) is 0.861. The summed E-state index contributed by atoms with van der Waals surface area (Å²) in [6.07, 6.45) is 6.94. The van der Waals surface area contributed by atoms with Gasteiger partial charge in [-0.1, -0.05) is 19.3 Å². The zero-order chi connectivity index (χ0) is 16.3. The van der Waals surface area contributed by atoms with Crippen molar-refractivity contribution in [2.45, 2.75) is 43.0 Å². The van der Waals surface area contributed by atoms with E-state index >= 15 is 0 Å². The second-order valence-corrected chi connectivity index (χ2v) is 9.24. The smallest absolute Gasteiger partial charge is 0.267 e. The van der Waals surface area contributed by atoms with Crippen molar-refractivity contribution in [2.24, 2.45) is 0 Å². The number of thioether (sulfide) groups is 1. The maximum atomic E-state index is 12.6. The molecule has 1 amide bonds. The molecule has 0 unspecified atom stereocenters. The Bertz CT molecular complexity index is 645. The Morgan fingerprint density at radius 3 is 2.61 bits per heavy atom. The molecule has 2 N–H and O–H groups in total. The standard InChI is InChI=1S/C15H23N3O3S2/c19-15(17-12-4-2-1-3-5-12)14-10-13(11-16-14)23(20,21)18-6-8-22-9-7-18/h10-12,16H,1-9H2,(H,17,19). The molecule has 1 aromatic rings. The highest BCUT2D eigenvalue weighted by molar-refractivity contribution is 7.99. The van der Waals surface area contributed by atoms with Gasteiger partial charge in [-0.25, -0.2) is 8.42 Å². The van der Waals surface area contributed by atoms with E-state index in [9.17, 15) is 13.2 Å². The Morgan fingerprint density at radius 1 is 1.22 bits per heavy atom. The third kappa shape index (κ3) is 3.92. The lowest BCUT2D eigenvalue weighted by Gasteiger charge is -2.25. The van der Waals surface area contributed by atoms with Crippen LogP contribution in [0.2, 0.25) is 0 Å². The fourth-order valence-electron chi connectivity index (χ4n) is 3.10. The summed E-state index contributed by atoms with van der Waals surface area (Å²) in [7, 11) is -3.50. The van der Waals surface area contributed by atoms with Crippen molar-refractivity contribution in [3.05, 3.63) is 18.0 Å². The first kappa shape index (κ1) is 16.9. The van der Waals surface area contributed by atoms with E-state index in [0.29, 0.717) is 18.8 Å². The molecule has 1 aliphatic heterocycles. The topological polar surface area (TPSA) is 82.3 Å². The summed E-state index contributed by atoms with van der Waals surface area (Å²) in [5, 5.41) is 3.00. The second-order valence-electron chi connectivity index (χ2n) is 6.07. The van der Waals surface area contributed by atoms with Crippen molar-refractivity contribution in [2.75, 3.05) is 24.6 Å². The molecule has 128 valence electrons. The largest absolute Gasteiger partial charge is 0.356 e. The molecular formula is C15H23N3O3S2. The van der Waals surface area contributed by atoms with Gasteiger partial charge in [0, 0.05) is 36.8 Å². The molecule has 0 bridgehead atoms. The van der Waals surface area contributed by atoms with Gasteiger partial charge in [0.15, 0.2) is 0 Å². The van der Waals surface area contributed by atoms with Crippen LogP contribution in [-0.2, 0) is 10.0 Å². The molecule has 0 atom stereocenters. The van der Waals surface area contributed by atoms with Gasteiger partial charge < -0.3 is 10.3 Å². The number of nitrogens with one attached hydrogen (secondary N) is 2. The first-order valence-corrected chi connectivity index (χ1v) is 10.7. The van der Waals surface area contributed by atoms with E-state index in [1.165, 1.54) is 23.0 Å². The van der Waals surface area contributed by atoms with Gasteiger partial charge in [0.2, 0.25) is 10.0 Å². The van der Waals surface area contributed by atoms with Crippen LogP contribution in [0.5, 0.6) is 0 Å². The van der Waals surface area contributed by atoms with Gasteiger partial charge in [-0.05, 0) is 18.9 Å². The number of aromatic nitrogens is 1. The lowest BCUT2D eigenvalue weighted by atomic mass is 9.95. The number of carbonyl (C=O) groups is 1. The molecule has 1 saturated heterocycles. The van der Waals surface area contributed by atoms with Gasteiger partial charge in [0.25, 0.3) is 5.91 Å². The molecule has 3 rings (SSSR count). The number of sulfonamides is 1. The van der Waals surface area contributed by atoms with Crippen molar-refractivity contribution in [1.29, 1.82) is 0 Å². The molecule has 2 heterocycles. The highest BCUT2D eigenvalue weighted by atomic mass is 32.2. The highest BCUT2D eigenvalue weighted by Crippen LogP contribution is 2.21. The number of H-pyrrole nitrogens is 1. The SMILES string of the molecule is O=C(NC1CCCCC1)c1cc(S(=O)(=O)N2CCSCC2)c[nH]1. The van der Waals surface area contributed by atoms with Crippen LogP contribution in [-0.4, -0.2) is 54.3 Å². The van der Waals surface area contributed by atoms with Crippen molar-refractivity contribution in [3.8, 4) is 0 Å². The van der Waals surface area contributed by atoms with Crippen molar-refractivity contribution >= 4 is 27.7 Å². The summed E-state index contributed by atoms with van der Waals surface area (Å²) < 4.78 is 26.7. The maximum absolute atomic E-state index is 12.6. The predicted molar refractivity (Wildman–Crippen MR) is 91.2 cm³/mol. The number of hydrogen-bond acceptors (Lipinski definition) is 4. The maximum Gasteiger partial charge on any atom is 0.267 e. The van der Waals surface area contributed by atoms with Crippen LogP contribution in [0.4, 0.5) is 0 Å². The summed E-state index contributed by atoms with van der Waals surface area (Å²) in [4.78, 5) is 15.3. The summed E-state index contributed by atoms with van der Waals surface area (Å²) in [6, 6.07) is 1.66. The number of amides is 1. The molecule has 0 radical (unpaired) electrons. The Labute approximate surface area is 141 Å². The highest BCUT2D eigenvalue weighted by Gasteiger charge is 2.28. The number of hydrogen-bond donors (Lipinski definition) is 2. The molecular weight excluding hydrogens is 334 g/mol. The summed E-state index contributed by atoms with van der Waals surface area (Å²) in [6.45, 7) is 1.06. The summed E-state index contributed by atoms with van der Waals surface area (Å²) in [5.41, 5.74) is 0.320. The molecule has 0 aromatic carbocycles. The average molecular weight is 358 g/mol. The van der Waals surface area contributed by atoms with Crippen LogP contribution in [0.1, 0.15) is 42.6 Å². The van der Waals surface area contributed by atoms with Crippen molar-refractivity contribution in [3.63, 3.8) is 0 Å². The minimum absolute atomic E-state index is 0.179. The monoisotopic (exact) mass is 357 g/mol. The molecule has 2 aliphatic rings. The minimum atomic E-state index is -3.50. The van der Waals surface area contributed by atoms with E-state index in [2.05, 4.69) is 10.3 Å². The van der Waals surface area contributed by atoms with E-state index in [1.54, 1.807) is 11.8 Å². The molecule has 1 saturated carbocycles. The molecule has 1 aliphatic carbocycles. The van der Waals surface area contributed by atoms with E-state index < -0.39 is 10.0 Å². The van der Waals surface area contributed by atoms with Crippen LogP contribution >= 0.6 is 11.8 Å². The van der Waals surface area contributed by atoms with Crippen molar-refractivity contribution in [1.82, 2.24) is 14.6 Å². The number of rotatable bonds is 4. The van der Waals surface area contributed by atoms with E-state index in [1.807, 2.05) is 0 Å². The number of nitrogens with zero attached hydrogens (tertiary/aromatic N) is 1. The lowest BCUT2D eigenvalue weighted by molar-refractivity contribution is 0.0923. The average Bonchev–Trinajstić information content (AvgIpc) is 3.07. The normalized spacial score (nSPS) is 21.2. The van der Waals surface area contributed by atoms with E-state index in [4.69, 9.17) is 0 Å². The summed E-state index contributed by atoms with van der Waals surface area (Å²) in [5.74, 6) is 1.42. The fraction of sp³-hybridized carbons (Fsp3) is 0.667. The molecule has 0 spiro atoms. The Morgan fingerprint density at radius 2 is 1.91 bits per heavy atom. The molecule has 23 heavy (non-hydrogen) atoms. The fourth-order valence-corrected chi connectivity index (χ4v) is 5.67. The Kier molecular flexibility index (Phi) is 5.33. The number of aromatic amines is 1. The van der Waals surface area contributed by atoms with Crippen LogP contribution < -0.4 is 5.32 Å².